The SMILES string of the molecule is CNc1nc(OC)c(NC(=O)c2ccc(Oc3cc4c(cc3C)CC[Si]4(C)C)o2)c(OC)n1. The van der Waals surface area contributed by atoms with Gasteiger partial charge in [-0.25, -0.2) is 0 Å². The van der Waals surface area contributed by atoms with Gasteiger partial charge in [0.05, 0.1) is 22.3 Å². The molecule has 33 heavy (non-hydrogen) atoms. The summed E-state index contributed by atoms with van der Waals surface area (Å²) >= 11 is 0. The fraction of sp³-hybridized carbons (Fsp3) is 0.348. The van der Waals surface area contributed by atoms with E-state index in [1.165, 1.54) is 31.0 Å². The summed E-state index contributed by atoms with van der Waals surface area (Å²) in [5.41, 5.74) is 2.66. The monoisotopic (exact) mass is 468 g/mol. The number of rotatable bonds is 7. The number of carbonyl (C=O) groups excluding carboxylic acids is 1. The van der Waals surface area contributed by atoms with Crippen LogP contribution < -0.4 is 30.0 Å². The van der Waals surface area contributed by atoms with Crippen molar-refractivity contribution in [3.63, 3.8) is 0 Å². The first kappa shape index (κ1) is 22.7. The molecule has 2 aromatic heterocycles. The second-order valence-corrected chi connectivity index (χ2v) is 13.3. The summed E-state index contributed by atoms with van der Waals surface area (Å²) in [5, 5.41) is 6.94. The molecule has 1 aromatic carbocycles. The predicted octanol–water partition coefficient (Wildman–Crippen LogP) is 3.95. The zero-order valence-corrected chi connectivity index (χ0v) is 20.7. The predicted molar refractivity (Wildman–Crippen MR) is 128 cm³/mol. The third-order valence-electron chi connectivity index (χ3n) is 5.86. The molecule has 2 N–H and O–H groups in total. The van der Waals surface area contributed by atoms with Crippen molar-refractivity contribution < 1.29 is 23.4 Å². The van der Waals surface area contributed by atoms with E-state index < -0.39 is 14.0 Å². The van der Waals surface area contributed by atoms with Crippen molar-refractivity contribution in [2.24, 2.45) is 0 Å². The number of aromatic nitrogens is 2. The van der Waals surface area contributed by atoms with Crippen molar-refractivity contribution >= 4 is 30.8 Å². The number of ether oxygens (including phenoxy) is 3. The molecule has 0 spiro atoms. The number of furan rings is 1. The number of nitrogens with zero attached hydrogens (tertiary/aromatic N) is 2. The summed E-state index contributed by atoms with van der Waals surface area (Å²) in [4.78, 5) is 21.2. The lowest BCUT2D eigenvalue weighted by Gasteiger charge is -2.18. The standard InChI is InChI=1S/C23H28N4O5Si/c1-13-11-14-9-10-33(5,6)17(14)12-16(13)32-18-8-7-15(31-18)20(28)25-19-21(29-3)26-23(24-2)27-22(19)30-4/h7-8,11-12H,9-10H2,1-6H3,(H,25,28)(H,24,26,27). The summed E-state index contributed by atoms with van der Waals surface area (Å²) in [7, 11) is 3.13. The van der Waals surface area contributed by atoms with Crippen LogP contribution in [0.3, 0.4) is 0 Å². The molecular formula is C23H28N4O5Si. The van der Waals surface area contributed by atoms with Gasteiger partial charge in [0.1, 0.15) is 5.75 Å². The van der Waals surface area contributed by atoms with Gasteiger partial charge in [0.2, 0.25) is 17.7 Å². The van der Waals surface area contributed by atoms with Crippen LogP contribution >= 0.6 is 0 Å². The summed E-state index contributed by atoms with van der Waals surface area (Å²) in [6.07, 6.45) is 1.13. The van der Waals surface area contributed by atoms with Gasteiger partial charge in [-0.3, -0.25) is 4.79 Å². The highest BCUT2D eigenvalue weighted by Crippen LogP contribution is 2.34. The van der Waals surface area contributed by atoms with E-state index in [2.05, 4.69) is 45.8 Å². The lowest BCUT2D eigenvalue weighted by molar-refractivity contribution is 0.0990. The van der Waals surface area contributed by atoms with Crippen molar-refractivity contribution in [3.8, 4) is 23.5 Å². The van der Waals surface area contributed by atoms with E-state index in [-0.39, 0.29) is 29.2 Å². The second kappa shape index (κ2) is 8.78. The number of carbonyl (C=O) groups is 1. The number of anilines is 2. The fourth-order valence-corrected chi connectivity index (χ4v) is 6.74. The zero-order valence-electron chi connectivity index (χ0n) is 19.7. The Kier molecular flexibility index (Phi) is 6.02. The van der Waals surface area contributed by atoms with Crippen molar-refractivity contribution in [1.29, 1.82) is 0 Å². The Morgan fingerprint density at radius 2 is 1.82 bits per heavy atom. The van der Waals surface area contributed by atoms with Crippen LogP contribution in [-0.2, 0) is 6.42 Å². The maximum Gasteiger partial charge on any atom is 0.291 e. The van der Waals surface area contributed by atoms with Crippen LogP contribution in [0.15, 0.2) is 28.7 Å². The van der Waals surface area contributed by atoms with Crippen LogP contribution in [0.25, 0.3) is 0 Å². The largest absolute Gasteiger partial charge is 0.479 e. The van der Waals surface area contributed by atoms with Gasteiger partial charge in [0.25, 0.3) is 11.9 Å². The van der Waals surface area contributed by atoms with Crippen LogP contribution in [0.5, 0.6) is 23.5 Å². The lowest BCUT2D eigenvalue weighted by Crippen LogP contribution is -2.37. The molecule has 10 heteroatoms. The molecule has 0 bridgehead atoms. The van der Waals surface area contributed by atoms with Gasteiger partial charge < -0.3 is 29.3 Å². The Bertz CT molecular complexity index is 1180. The van der Waals surface area contributed by atoms with E-state index in [0.29, 0.717) is 5.95 Å². The molecule has 0 unspecified atom stereocenters. The maximum absolute atomic E-state index is 12.8. The molecule has 1 aliphatic heterocycles. The summed E-state index contributed by atoms with van der Waals surface area (Å²) in [6.45, 7) is 6.78. The van der Waals surface area contributed by atoms with E-state index in [4.69, 9.17) is 18.6 Å². The number of methoxy groups -OCH3 is 2. The number of amides is 1. The summed E-state index contributed by atoms with van der Waals surface area (Å²) in [5.74, 6) is 1.15. The molecule has 1 amide bonds. The molecule has 0 atom stereocenters. The molecule has 3 aromatic rings. The van der Waals surface area contributed by atoms with Gasteiger partial charge in [-0.2, -0.15) is 9.97 Å². The highest BCUT2D eigenvalue weighted by atomic mass is 28.3. The Hall–Kier alpha value is -3.53. The van der Waals surface area contributed by atoms with E-state index in [9.17, 15) is 4.79 Å². The first-order chi connectivity index (χ1) is 15.7. The van der Waals surface area contributed by atoms with Crippen LogP contribution in [0.2, 0.25) is 19.1 Å². The molecule has 3 heterocycles. The molecule has 0 saturated heterocycles. The number of nitrogens with one attached hydrogen (secondary N) is 2. The Morgan fingerprint density at radius 3 is 2.45 bits per heavy atom. The van der Waals surface area contributed by atoms with Crippen LogP contribution in [0, 0.1) is 6.92 Å². The number of benzene rings is 1. The van der Waals surface area contributed by atoms with Gasteiger partial charge in [-0.05, 0) is 42.6 Å². The van der Waals surface area contributed by atoms with Crippen molar-refractivity contribution in [3.05, 3.63) is 41.2 Å². The molecule has 9 nitrogen and oxygen atoms in total. The molecule has 0 aliphatic carbocycles. The summed E-state index contributed by atoms with van der Waals surface area (Å²) < 4.78 is 22.3. The summed E-state index contributed by atoms with van der Waals surface area (Å²) in [6, 6.07) is 8.77. The van der Waals surface area contributed by atoms with Gasteiger partial charge in [0.15, 0.2) is 11.4 Å². The molecular weight excluding hydrogens is 440 g/mol. The Labute approximate surface area is 193 Å². The van der Waals surface area contributed by atoms with Crippen molar-refractivity contribution in [1.82, 2.24) is 9.97 Å². The van der Waals surface area contributed by atoms with Gasteiger partial charge in [-0.1, -0.05) is 24.3 Å². The first-order valence-corrected chi connectivity index (χ1v) is 13.9. The average Bonchev–Trinajstić information content (AvgIpc) is 3.38. The highest BCUT2D eigenvalue weighted by molar-refractivity contribution is 6.91. The Balaban J connectivity index is 1.55. The van der Waals surface area contributed by atoms with Crippen LogP contribution in [0.1, 0.15) is 21.7 Å². The average molecular weight is 469 g/mol. The molecule has 0 fully saturated rings. The van der Waals surface area contributed by atoms with Crippen molar-refractivity contribution in [2.45, 2.75) is 32.5 Å². The first-order valence-electron chi connectivity index (χ1n) is 10.7. The van der Waals surface area contributed by atoms with Gasteiger partial charge >= 0.3 is 0 Å². The zero-order chi connectivity index (χ0) is 23.8. The normalized spacial score (nSPS) is 13.9. The third kappa shape index (κ3) is 4.38. The van der Waals surface area contributed by atoms with E-state index in [1.807, 2.05) is 6.92 Å². The van der Waals surface area contributed by atoms with E-state index in [0.717, 1.165) is 17.7 Å². The Morgan fingerprint density at radius 1 is 1.12 bits per heavy atom. The number of aryl methyl sites for hydroxylation is 2. The van der Waals surface area contributed by atoms with Crippen LogP contribution in [-0.4, -0.2) is 45.2 Å². The quantitative estimate of drug-likeness (QED) is 0.502. The minimum Gasteiger partial charge on any atom is -0.479 e. The topological polar surface area (TPSA) is 108 Å². The molecule has 0 saturated carbocycles. The minimum atomic E-state index is -1.43. The number of hydrogen-bond donors (Lipinski definition) is 2. The fourth-order valence-electron chi connectivity index (χ4n) is 3.99. The second-order valence-electron chi connectivity index (χ2n) is 8.52. The lowest BCUT2D eigenvalue weighted by atomic mass is 10.1. The third-order valence-corrected chi connectivity index (χ3v) is 9.28. The molecule has 0 radical (unpaired) electrons. The smallest absolute Gasteiger partial charge is 0.291 e. The maximum atomic E-state index is 12.8. The number of fused-ring (bicyclic) bond motifs is 1. The van der Waals surface area contributed by atoms with Gasteiger partial charge in [-0.15, -0.1) is 0 Å². The number of hydrogen-bond acceptors (Lipinski definition) is 8. The highest BCUT2D eigenvalue weighted by Gasteiger charge is 2.32. The minimum absolute atomic E-state index is 0.0697. The molecule has 1 aliphatic rings. The van der Waals surface area contributed by atoms with E-state index in [1.54, 1.807) is 19.2 Å². The van der Waals surface area contributed by atoms with Crippen molar-refractivity contribution in [2.75, 3.05) is 31.9 Å². The van der Waals surface area contributed by atoms with Crippen LogP contribution in [0.4, 0.5) is 11.6 Å². The van der Waals surface area contributed by atoms with E-state index >= 15 is 0 Å². The van der Waals surface area contributed by atoms with Gasteiger partial charge in [0, 0.05) is 13.1 Å². The molecule has 4 rings (SSSR count). The molecule has 174 valence electrons.